The van der Waals surface area contributed by atoms with Crippen molar-refractivity contribution in [2.75, 3.05) is 7.11 Å². The van der Waals surface area contributed by atoms with Crippen LogP contribution in [0.5, 0.6) is 0 Å². The van der Waals surface area contributed by atoms with E-state index in [9.17, 15) is 23.6 Å². The third-order valence-electron chi connectivity index (χ3n) is 4.18. The van der Waals surface area contributed by atoms with Gasteiger partial charge in [0.15, 0.2) is 6.10 Å². The fraction of sp³-hybridized carbons (Fsp3) is 0.400. The Labute approximate surface area is 166 Å². The van der Waals surface area contributed by atoms with Gasteiger partial charge >= 0.3 is 23.9 Å². The van der Waals surface area contributed by atoms with Crippen molar-refractivity contribution < 1.29 is 42.5 Å². The summed E-state index contributed by atoms with van der Waals surface area (Å²) in [5.74, 6) is -3.57. The summed E-state index contributed by atoms with van der Waals surface area (Å²) in [5, 5.41) is 0. The molecular formula is C20H21FO8. The van der Waals surface area contributed by atoms with Crippen molar-refractivity contribution in [1.29, 1.82) is 0 Å². The molecule has 0 amide bonds. The molecule has 156 valence electrons. The van der Waals surface area contributed by atoms with Crippen molar-refractivity contribution in [2.24, 2.45) is 0 Å². The normalized spacial score (nSPS) is 23.4. The van der Waals surface area contributed by atoms with Crippen molar-refractivity contribution >= 4 is 29.5 Å². The highest BCUT2D eigenvalue weighted by atomic mass is 19.1. The van der Waals surface area contributed by atoms with Crippen LogP contribution in [0.1, 0.15) is 32.8 Å². The second-order valence-corrected chi connectivity index (χ2v) is 6.46. The fourth-order valence-corrected chi connectivity index (χ4v) is 3.21. The standard InChI is InChI=1S/C20H21FO8/c1-11(22)27-17-10-20(19(25)26-4,29-13(3)24)9-16(18(17)28-12(2)23)14-5-7-15(21)8-6-14/h5-9,17-18H,10H2,1-4H3/t17?,18-,20+/m1/s1. The highest BCUT2D eigenvalue weighted by Crippen LogP contribution is 2.39. The molecule has 1 aromatic carbocycles. The fourth-order valence-electron chi connectivity index (χ4n) is 3.21. The minimum atomic E-state index is -1.93. The van der Waals surface area contributed by atoms with Crippen LogP contribution in [-0.4, -0.2) is 48.8 Å². The second-order valence-electron chi connectivity index (χ2n) is 6.46. The van der Waals surface area contributed by atoms with Gasteiger partial charge in [0.05, 0.1) is 7.11 Å². The summed E-state index contributed by atoms with van der Waals surface area (Å²) in [6.45, 7) is 3.42. The number of rotatable bonds is 5. The minimum absolute atomic E-state index is 0.198. The maximum atomic E-state index is 13.4. The molecule has 0 bridgehead atoms. The van der Waals surface area contributed by atoms with Crippen LogP contribution in [0, 0.1) is 5.82 Å². The second kappa shape index (κ2) is 8.85. The van der Waals surface area contributed by atoms with E-state index >= 15 is 0 Å². The summed E-state index contributed by atoms with van der Waals surface area (Å²) in [5.41, 5.74) is -1.36. The van der Waals surface area contributed by atoms with Crippen LogP contribution in [-0.2, 0) is 38.1 Å². The molecule has 0 saturated heterocycles. The molecule has 1 aliphatic carbocycles. The SMILES string of the molecule is COC(=O)[C@]1(OC(C)=O)C=C(c2ccc(F)cc2)[C@@H](OC(C)=O)C(OC(C)=O)C1. The molecule has 0 radical (unpaired) electrons. The lowest BCUT2D eigenvalue weighted by Crippen LogP contribution is -2.52. The van der Waals surface area contributed by atoms with Gasteiger partial charge in [-0.25, -0.2) is 9.18 Å². The van der Waals surface area contributed by atoms with E-state index in [0.717, 1.165) is 21.0 Å². The van der Waals surface area contributed by atoms with Gasteiger partial charge in [-0.1, -0.05) is 12.1 Å². The predicted molar refractivity (Wildman–Crippen MR) is 96.6 cm³/mol. The molecule has 0 aliphatic heterocycles. The predicted octanol–water partition coefficient (Wildman–Crippen LogP) is 1.95. The van der Waals surface area contributed by atoms with E-state index in [0.29, 0.717) is 5.56 Å². The molecule has 2 rings (SSSR count). The lowest BCUT2D eigenvalue weighted by Gasteiger charge is -2.39. The Morgan fingerprint density at radius 3 is 2.03 bits per heavy atom. The molecule has 1 aliphatic rings. The van der Waals surface area contributed by atoms with Crippen LogP contribution in [0.3, 0.4) is 0 Å². The van der Waals surface area contributed by atoms with Gasteiger partial charge in [0.25, 0.3) is 0 Å². The first-order chi connectivity index (χ1) is 13.6. The Kier molecular flexibility index (Phi) is 6.73. The monoisotopic (exact) mass is 408 g/mol. The van der Waals surface area contributed by atoms with Gasteiger partial charge in [0.1, 0.15) is 11.9 Å². The maximum Gasteiger partial charge on any atom is 0.354 e. The van der Waals surface area contributed by atoms with E-state index in [1.54, 1.807) is 0 Å². The van der Waals surface area contributed by atoms with Crippen molar-refractivity contribution in [3.63, 3.8) is 0 Å². The van der Waals surface area contributed by atoms with E-state index in [2.05, 4.69) is 0 Å². The van der Waals surface area contributed by atoms with E-state index in [1.165, 1.54) is 37.3 Å². The van der Waals surface area contributed by atoms with E-state index in [4.69, 9.17) is 18.9 Å². The maximum absolute atomic E-state index is 13.4. The molecule has 9 heteroatoms. The number of carbonyl (C=O) groups excluding carboxylic acids is 4. The van der Waals surface area contributed by atoms with Crippen molar-refractivity contribution in [2.45, 2.75) is 45.0 Å². The number of hydrogen-bond acceptors (Lipinski definition) is 8. The largest absolute Gasteiger partial charge is 0.466 e. The molecule has 0 N–H and O–H groups in total. The number of methoxy groups -OCH3 is 1. The first kappa shape index (κ1) is 22.1. The third-order valence-corrected chi connectivity index (χ3v) is 4.18. The van der Waals surface area contributed by atoms with E-state index < -0.39 is 47.5 Å². The molecule has 8 nitrogen and oxygen atoms in total. The van der Waals surface area contributed by atoms with Crippen molar-refractivity contribution in [3.8, 4) is 0 Å². The average Bonchev–Trinajstić information content (AvgIpc) is 2.62. The molecule has 1 aromatic rings. The van der Waals surface area contributed by atoms with E-state index in [-0.39, 0.29) is 12.0 Å². The van der Waals surface area contributed by atoms with Crippen LogP contribution in [0.2, 0.25) is 0 Å². The molecule has 29 heavy (non-hydrogen) atoms. The Bertz CT molecular complexity index is 845. The summed E-state index contributed by atoms with van der Waals surface area (Å²) in [7, 11) is 1.11. The van der Waals surface area contributed by atoms with Gasteiger partial charge in [0.2, 0.25) is 5.60 Å². The summed E-state index contributed by atoms with van der Waals surface area (Å²) < 4.78 is 34.1. The Hall–Kier alpha value is -3.23. The first-order valence-corrected chi connectivity index (χ1v) is 8.69. The molecule has 1 unspecified atom stereocenters. The van der Waals surface area contributed by atoms with Gasteiger partial charge in [-0.2, -0.15) is 0 Å². The van der Waals surface area contributed by atoms with Crippen LogP contribution < -0.4 is 0 Å². The lowest BCUT2D eigenvalue weighted by atomic mass is 9.79. The molecule has 0 saturated carbocycles. The molecule has 0 aromatic heterocycles. The van der Waals surface area contributed by atoms with Gasteiger partial charge < -0.3 is 18.9 Å². The number of halogens is 1. The van der Waals surface area contributed by atoms with E-state index in [1.807, 2.05) is 0 Å². The molecule has 3 atom stereocenters. The number of esters is 4. The Morgan fingerprint density at radius 1 is 0.966 bits per heavy atom. The van der Waals surface area contributed by atoms with Crippen LogP contribution in [0.25, 0.3) is 5.57 Å². The zero-order chi connectivity index (χ0) is 21.8. The van der Waals surface area contributed by atoms with Gasteiger partial charge in [0, 0.05) is 32.8 Å². The number of benzene rings is 1. The number of ether oxygens (including phenoxy) is 4. The van der Waals surface area contributed by atoms with Crippen LogP contribution in [0.15, 0.2) is 30.3 Å². The highest BCUT2D eigenvalue weighted by Gasteiger charge is 2.52. The summed E-state index contributed by atoms with van der Waals surface area (Å²) in [6, 6.07) is 5.12. The Morgan fingerprint density at radius 2 is 1.55 bits per heavy atom. The van der Waals surface area contributed by atoms with Gasteiger partial charge in [-0.15, -0.1) is 0 Å². The average molecular weight is 408 g/mol. The lowest BCUT2D eigenvalue weighted by molar-refractivity contribution is -0.184. The van der Waals surface area contributed by atoms with Gasteiger partial charge in [-0.3, -0.25) is 14.4 Å². The zero-order valence-corrected chi connectivity index (χ0v) is 16.4. The van der Waals surface area contributed by atoms with Crippen LogP contribution in [0.4, 0.5) is 4.39 Å². The topological polar surface area (TPSA) is 105 Å². The first-order valence-electron chi connectivity index (χ1n) is 8.69. The Balaban J connectivity index is 2.71. The molecular weight excluding hydrogens is 387 g/mol. The summed E-state index contributed by atoms with van der Waals surface area (Å²) >= 11 is 0. The highest BCUT2D eigenvalue weighted by molar-refractivity contribution is 5.90. The molecule has 0 heterocycles. The smallest absolute Gasteiger partial charge is 0.354 e. The zero-order valence-electron chi connectivity index (χ0n) is 16.4. The minimum Gasteiger partial charge on any atom is -0.466 e. The van der Waals surface area contributed by atoms with Crippen molar-refractivity contribution in [1.82, 2.24) is 0 Å². The number of carbonyl (C=O) groups is 4. The number of hydrogen-bond donors (Lipinski definition) is 0. The van der Waals surface area contributed by atoms with Gasteiger partial charge in [-0.05, 0) is 23.8 Å². The quantitative estimate of drug-likeness (QED) is 0.538. The van der Waals surface area contributed by atoms with Crippen molar-refractivity contribution in [3.05, 3.63) is 41.7 Å². The molecule has 0 spiro atoms. The molecule has 0 fully saturated rings. The van der Waals surface area contributed by atoms with Crippen LogP contribution >= 0.6 is 0 Å². The third kappa shape index (κ3) is 5.18. The summed E-state index contributed by atoms with van der Waals surface area (Å²) in [6.07, 6.45) is -1.34. The summed E-state index contributed by atoms with van der Waals surface area (Å²) in [4.78, 5) is 47.6.